The molecule has 1 heterocycles. The van der Waals surface area contributed by atoms with Crippen LogP contribution in [0.3, 0.4) is 0 Å². The zero-order valence-electron chi connectivity index (χ0n) is 13.2. The van der Waals surface area contributed by atoms with Gasteiger partial charge >= 0.3 is 5.97 Å². The van der Waals surface area contributed by atoms with Crippen LogP contribution in [0.25, 0.3) is 17.1 Å². The van der Waals surface area contributed by atoms with E-state index in [9.17, 15) is 4.79 Å². The second kappa shape index (κ2) is 6.95. The number of aliphatic carboxylic acids is 1. The van der Waals surface area contributed by atoms with E-state index in [0.717, 1.165) is 29.3 Å². The number of benzene rings is 2. The fourth-order valence-electron chi connectivity index (χ4n) is 2.45. The summed E-state index contributed by atoms with van der Waals surface area (Å²) in [6, 6.07) is 17.1. The van der Waals surface area contributed by atoms with Crippen LogP contribution in [0.1, 0.15) is 12.7 Å². The summed E-state index contributed by atoms with van der Waals surface area (Å²) in [5.41, 5.74) is 1.79. The van der Waals surface area contributed by atoms with Crippen LogP contribution < -0.4 is 4.74 Å². The van der Waals surface area contributed by atoms with Crippen molar-refractivity contribution in [1.82, 2.24) is 14.8 Å². The molecule has 0 amide bonds. The summed E-state index contributed by atoms with van der Waals surface area (Å²) in [5, 5.41) is 17.3. The number of aryl methyl sites for hydroxylation is 1. The summed E-state index contributed by atoms with van der Waals surface area (Å²) in [6.07, 6.45) is 0.722. The molecule has 0 radical (unpaired) electrons. The number of carbonyl (C=O) groups is 1. The van der Waals surface area contributed by atoms with Gasteiger partial charge in [0.1, 0.15) is 11.6 Å². The third-order valence-electron chi connectivity index (χ3n) is 3.52. The Morgan fingerprint density at radius 1 is 1.12 bits per heavy atom. The lowest BCUT2D eigenvalue weighted by Crippen LogP contribution is -2.10. The number of carboxylic acids is 1. The van der Waals surface area contributed by atoms with Gasteiger partial charge in [-0.25, -0.2) is 4.79 Å². The van der Waals surface area contributed by atoms with Gasteiger partial charge in [-0.1, -0.05) is 43.3 Å². The van der Waals surface area contributed by atoms with Crippen molar-refractivity contribution in [2.24, 2.45) is 0 Å². The maximum Gasteiger partial charge on any atom is 0.341 e. The minimum atomic E-state index is -1.01. The standard InChI is InChI=1S/C18H17N3O3/c1-2-16-19-20-18(13-7-4-3-5-8-13)21(16)14-9-6-10-15(11-14)24-12-17(22)23/h3-11H,2,12H2,1H3,(H,22,23). The van der Waals surface area contributed by atoms with Gasteiger partial charge in [-0.05, 0) is 12.1 Å². The lowest BCUT2D eigenvalue weighted by molar-refractivity contribution is -0.139. The Morgan fingerprint density at radius 3 is 2.62 bits per heavy atom. The first-order valence-electron chi connectivity index (χ1n) is 7.63. The van der Waals surface area contributed by atoms with Crippen LogP contribution in [0.4, 0.5) is 0 Å². The summed E-state index contributed by atoms with van der Waals surface area (Å²) in [6.45, 7) is 1.64. The molecule has 1 N–H and O–H groups in total. The average Bonchev–Trinajstić information content (AvgIpc) is 3.05. The predicted molar refractivity (Wildman–Crippen MR) is 89.3 cm³/mol. The van der Waals surface area contributed by atoms with Crippen molar-refractivity contribution in [2.45, 2.75) is 13.3 Å². The lowest BCUT2D eigenvalue weighted by atomic mass is 10.2. The van der Waals surface area contributed by atoms with Gasteiger partial charge in [-0.15, -0.1) is 10.2 Å². The quantitative estimate of drug-likeness (QED) is 0.754. The number of nitrogens with zero attached hydrogens (tertiary/aromatic N) is 3. The maximum absolute atomic E-state index is 10.7. The molecule has 2 aromatic carbocycles. The molecule has 0 saturated heterocycles. The van der Waals surface area contributed by atoms with Crippen LogP contribution in [0.15, 0.2) is 54.6 Å². The minimum absolute atomic E-state index is 0.377. The van der Waals surface area contributed by atoms with E-state index in [0.29, 0.717) is 5.75 Å². The van der Waals surface area contributed by atoms with Crippen molar-refractivity contribution in [2.75, 3.05) is 6.61 Å². The normalized spacial score (nSPS) is 10.5. The highest BCUT2D eigenvalue weighted by Gasteiger charge is 2.14. The van der Waals surface area contributed by atoms with E-state index in [1.165, 1.54) is 0 Å². The van der Waals surface area contributed by atoms with Crippen LogP contribution in [-0.4, -0.2) is 32.4 Å². The molecular formula is C18H17N3O3. The summed E-state index contributed by atoms with van der Waals surface area (Å²) >= 11 is 0. The second-order valence-electron chi connectivity index (χ2n) is 5.17. The molecule has 3 aromatic rings. The maximum atomic E-state index is 10.7. The fraction of sp³-hybridized carbons (Fsp3) is 0.167. The molecular weight excluding hydrogens is 306 g/mol. The van der Waals surface area contributed by atoms with E-state index in [1.54, 1.807) is 12.1 Å². The number of aromatic nitrogens is 3. The smallest absolute Gasteiger partial charge is 0.341 e. The summed E-state index contributed by atoms with van der Waals surface area (Å²) in [7, 11) is 0. The van der Waals surface area contributed by atoms with Gasteiger partial charge in [0.2, 0.25) is 0 Å². The van der Waals surface area contributed by atoms with Crippen molar-refractivity contribution in [1.29, 1.82) is 0 Å². The van der Waals surface area contributed by atoms with Gasteiger partial charge in [-0.2, -0.15) is 0 Å². The van der Waals surface area contributed by atoms with Crippen LogP contribution in [0.5, 0.6) is 5.75 Å². The molecule has 0 saturated carbocycles. The Hall–Kier alpha value is -3.15. The molecule has 0 bridgehead atoms. The molecule has 1 aromatic heterocycles. The molecule has 0 aliphatic carbocycles. The highest BCUT2D eigenvalue weighted by atomic mass is 16.5. The molecule has 122 valence electrons. The van der Waals surface area contributed by atoms with E-state index >= 15 is 0 Å². The first-order chi connectivity index (χ1) is 11.7. The zero-order valence-corrected chi connectivity index (χ0v) is 13.2. The Kier molecular flexibility index (Phi) is 4.56. The van der Waals surface area contributed by atoms with Crippen LogP contribution in [-0.2, 0) is 11.2 Å². The number of hydrogen-bond donors (Lipinski definition) is 1. The third kappa shape index (κ3) is 3.27. The Labute approximate surface area is 139 Å². The lowest BCUT2D eigenvalue weighted by Gasteiger charge is -2.11. The minimum Gasteiger partial charge on any atom is -0.482 e. The van der Waals surface area contributed by atoms with Gasteiger partial charge in [0.05, 0.1) is 5.69 Å². The molecule has 0 aliphatic heterocycles. The number of carboxylic acid groups (broad SMARTS) is 1. The third-order valence-corrected chi connectivity index (χ3v) is 3.52. The van der Waals surface area contributed by atoms with Gasteiger partial charge in [0.15, 0.2) is 12.4 Å². The highest BCUT2D eigenvalue weighted by molar-refractivity contribution is 5.68. The Bertz CT molecular complexity index is 844. The molecule has 0 spiro atoms. The first-order valence-corrected chi connectivity index (χ1v) is 7.63. The SMILES string of the molecule is CCc1nnc(-c2ccccc2)n1-c1cccc(OCC(=O)O)c1. The van der Waals surface area contributed by atoms with Gasteiger partial charge in [0, 0.05) is 18.1 Å². The highest BCUT2D eigenvalue weighted by Crippen LogP contribution is 2.25. The van der Waals surface area contributed by atoms with E-state index in [1.807, 2.05) is 54.0 Å². The number of rotatable bonds is 6. The summed E-state index contributed by atoms with van der Waals surface area (Å²) in [5.74, 6) is 1.04. The monoisotopic (exact) mass is 323 g/mol. The van der Waals surface area contributed by atoms with Crippen molar-refractivity contribution >= 4 is 5.97 Å². The summed E-state index contributed by atoms with van der Waals surface area (Å²) in [4.78, 5) is 10.7. The molecule has 0 aliphatic rings. The topological polar surface area (TPSA) is 77.2 Å². The number of ether oxygens (including phenoxy) is 1. The average molecular weight is 323 g/mol. The van der Waals surface area contributed by atoms with E-state index in [2.05, 4.69) is 10.2 Å². The van der Waals surface area contributed by atoms with Crippen LogP contribution >= 0.6 is 0 Å². The molecule has 3 rings (SSSR count). The second-order valence-corrected chi connectivity index (χ2v) is 5.17. The van der Waals surface area contributed by atoms with Gasteiger partial charge < -0.3 is 9.84 Å². The predicted octanol–water partition coefficient (Wildman–Crippen LogP) is 2.96. The van der Waals surface area contributed by atoms with Crippen molar-refractivity contribution in [3.8, 4) is 22.8 Å². The molecule has 6 heteroatoms. The summed E-state index contributed by atoms with van der Waals surface area (Å²) < 4.78 is 7.23. The largest absolute Gasteiger partial charge is 0.482 e. The van der Waals surface area contributed by atoms with Crippen LogP contribution in [0.2, 0.25) is 0 Å². The fourth-order valence-corrected chi connectivity index (χ4v) is 2.45. The van der Waals surface area contributed by atoms with Crippen molar-refractivity contribution < 1.29 is 14.6 Å². The number of hydrogen-bond acceptors (Lipinski definition) is 4. The van der Waals surface area contributed by atoms with Crippen molar-refractivity contribution in [3.63, 3.8) is 0 Å². The Balaban J connectivity index is 2.04. The molecule has 0 unspecified atom stereocenters. The molecule has 0 atom stereocenters. The Morgan fingerprint density at radius 2 is 1.92 bits per heavy atom. The van der Waals surface area contributed by atoms with E-state index in [-0.39, 0.29) is 6.61 Å². The van der Waals surface area contributed by atoms with Crippen LogP contribution in [0, 0.1) is 0 Å². The first kappa shape index (κ1) is 15.7. The molecule has 0 fully saturated rings. The molecule has 24 heavy (non-hydrogen) atoms. The van der Waals surface area contributed by atoms with Crippen molar-refractivity contribution in [3.05, 3.63) is 60.4 Å². The molecule has 6 nitrogen and oxygen atoms in total. The van der Waals surface area contributed by atoms with E-state index in [4.69, 9.17) is 9.84 Å². The van der Waals surface area contributed by atoms with E-state index < -0.39 is 5.97 Å². The zero-order chi connectivity index (χ0) is 16.9. The van der Waals surface area contributed by atoms with Gasteiger partial charge in [-0.3, -0.25) is 4.57 Å². The van der Waals surface area contributed by atoms with Gasteiger partial charge in [0.25, 0.3) is 0 Å².